The number of carbonyl (C=O) groups excluding carboxylic acids is 1. The van der Waals surface area contributed by atoms with Gasteiger partial charge >= 0.3 is 0 Å². The third-order valence-electron chi connectivity index (χ3n) is 6.16. The van der Waals surface area contributed by atoms with Crippen molar-refractivity contribution in [3.63, 3.8) is 0 Å². The quantitative estimate of drug-likeness (QED) is 0.354. The Labute approximate surface area is 189 Å². The van der Waals surface area contributed by atoms with Crippen LogP contribution in [0, 0.1) is 17.0 Å². The van der Waals surface area contributed by atoms with E-state index < -0.39 is 10.8 Å². The molecule has 0 saturated heterocycles. The summed E-state index contributed by atoms with van der Waals surface area (Å²) in [5, 5.41) is 22.2. The van der Waals surface area contributed by atoms with E-state index in [1.807, 2.05) is 24.3 Å². The maximum atomic E-state index is 13.2. The first-order chi connectivity index (χ1) is 16.0. The average molecular weight is 445 g/mol. The number of nitrogens with one attached hydrogen (secondary N) is 1. The van der Waals surface area contributed by atoms with Gasteiger partial charge in [-0.05, 0) is 38.0 Å². The molecule has 0 aliphatic heterocycles. The minimum Gasteiger partial charge on any atom is -0.307 e. The van der Waals surface area contributed by atoms with Crippen LogP contribution in [-0.4, -0.2) is 35.4 Å². The first kappa shape index (κ1) is 20.8. The molecule has 1 fully saturated rings. The molecular formula is C23H23N7O3. The molecule has 0 radical (unpaired) electrons. The number of para-hydroxylation sites is 2. The summed E-state index contributed by atoms with van der Waals surface area (Å²) < 4.78 is 3.55. The number of aromatic nitrogens is 5. The normalized spacial score (nSPS) is 14.5. The first-order valence-corrected chi connectivity index (χ1v) is 11.0. The van der Waals surface area contributed by atoms with Gasteiger partial charge in [0.1, 0.15) is 0 Å². The van der Waals surface area contributed by atoms with E-state index in [0.29, 0.717) is 17.3 Å². The molecule has 2 aromatic heterocycles. The molecule has 10 heteroatoms. The van der Waals surface area contributed by atoms with Crippen LogP contribution in [0.2, 0.25) is 0 Å². The summed E-state index contributed by atoms with van der Waals surface area (Å²) in [5.41, 5.74) is 2.85. The molecule has 5 rings (SSSR count). The second kappa shape index (κ2) is 8.45. The molecule has 1 saturated carbocycles. The fraction of sp³-hybridized carbons (Fsp3) is 0.304. The van der Waals surface area contributed by atoms with Crippen LogP contribution in [0.4, 0.5) is 11.6 Å². The molecule has 1 N–H and O–H groups in total. The lowest BCUT2D eigenvalue weighted by Gasteiger charge is -2.25. The lowest BCUT2D eigenvalue weighted by molar-refractivity contribution is -0.384. The zero-order valence-corrected chi connectivity index (χ0v) is 18.1. The highest BCUT2D eigenvalue weighted by Crippen LogP contribution is 2.34. The third kappa shape index (κ3) is 3.84. The van der Waals surface area contributed by atoms with Crippen LogP contribution in [-0.2, 0) is 0 Å². The molecule has 0 atom stereocenters. The van der Waals surface area contributed by atoms with Gasteiger partial charge in [0.25, 0.3) is 11.6 Å². The number of amides is 1. The largest absolute Gasteiger partial charge is 0.307 e. The number of benzene rings is 2. The first-order valence-electron chi connectivity index (χ1n) is 11.0. The van der Waals surface area contributed by atoms with Gasteiger partial charge in [-0.25, -0.2) is 9.67 Å². The Morgan fingerprint density at radius 1 is 1.12 bits per heavy atom. The van der Waals surface area contributed by atoms with Crippen molar-refractivity contribution in [1.82, 2.24) is 24.5 Å². The fourth-order valence-corrected chi connectivity index (χ4v) is 4.52. The van der Waals surface area contributed by atoms with Crippen LogP contribution in [0.5, 0.6) is 0 Å². The topological polar surface area (TPSA) is 121 Å². The smallest absolute Gasteiger partial charge is 0.280 e. The lowest BCUT2D eigenvalue weighted by Crippen LogP contribution is -2.21. The van der Waals surface area contributed by atoms with Crippen molar-refractivity contribution >= 4 is 28.6 Å². The number of rotatable bonds is 5. The summed E-state index contributed by atoms with van der Waals surface area (Å²) in [6.45, 7) is 1.71. The predicted octanol–water partition coefficient (Wildman–Crippen LogP) is 4.59. The van der Waals surface area contributed by atoms with E-state index in [2.05, 4.69) is 25.2 Å². The standard InChI is InChI=1S/C23H23N7O3/c1-15-21(26-27-29(15)17-10-7-11-18(14-17)30(32)33)22(31)25-23-24-19-12-5-6-13-20(19)28(23)16-8-3-2-4-9-16/h5-7,10-14,16H,2-4,8-9H2,1H3,(H,24,25,31). The average Bonchev–Trinajstić information content (AvgIpc) is 3.39. The van der Waals surface area contributed by atoms with Gasteiger partial charge in [-0.15, -0.1) is 5.10 Å². The second-order valence-corrected chi connectivity index (χ2v) is 8.25. The second-order valence-electron chi connectivity index (χ2n) is 8.25. The number of non-ortho nitro benzene ring substituents is 1. The van der Waals surface area contributed by atoms with Crippen molar-refractivity contribution in [2.24, 2.45) is 0 Å². The molecule has 168 valence electrons. The van der Waals surface area contributed by atoms with Gasteiger partial charge in [0.2, 0.25) is 5.95 Å². The Balaban J connectivity index is 1.47. The number of hydrogen-bond acceptors (Lipinski definition) is 6. The summed E-state index contributed by atoms with van der Waals surface area (Å²) in [5.74, 6) is 0.0777. The van der Waals surface area contributed by atoms with Crippen LogP contribution in [0.3, 0.4) is 0 Å². The maximum Gasteiger partial charge on any atom is 0.280 e. The predicted molar refractivity (Wildman–Crippen MR) is 123 cm³/mol. The van der Waals surface area contributed by atoms with Crippen LogP contribution < -0.4 is 5.32 Å². The van der Waals surface area contributed by atoms with E-state index in [1.165, 1.54) is 23.2 Å². The van der Waals surface area contributed by atoms with Gasteiger partial charge in [0.15, 0.2) is 5.69 Å². The van der Waals surface area contributed by atoms with Crippen LogP contribution in [0.1, 0.15) is 54.3 Å². The Morgan fingerprint density at radius 3 is 2.70 bits per heavy atom. The number of nitro groups is 1. The molecule has 10 nitrogen and oxygen atoms in total. The number of fused-ring (bicyclic) bond motifs is 1. The van der Waals surface area contributed by atoms with E-state index >= 15 is 0 Å². The van der Waals surface area contributed by atoms with Gasteiger partial charge in [-0.2, -0.15) is 0 Å². The van der Waals surface area contributed by atoms with Crippen molar-refractivity contribution in [3.05, 3.63) is 70.0 Å². The van der Waals surface area contributed by atoms with E-state index in [1.54, 1.807) is 19.1 Å². The van der Waals surface area contributed by atoms with Crippen molar-refractivity contribution in [2.45, 2.75) is 45.1 Å². The summed E-state index contributed by atoms with van der Waals surface area (Å²) in [6, 6.07) is 14.2. The van der Waals surface area contributed by atoms with E-state index in [9.17, 15) is 14.9 Å². The van der Waals surface area contributed by atoms with E-state index in [4.69, 9.17) is 0 Å². The Bertz CT molecular complexity index is 1350. The molecule has 0 spiro atoms. The number of carbonyl (C=O) groups is 1. The Hall–Kier alpha value is -4.08. The molecule has 4 aromatic rings. The van der Waals surface area contributed by atoms with Crippen molar-refractivity contribution in [2.75, 3.05) is 5.32 Å². The van der Waals surface area contributed by atoms with Gasteiger partial charge < -0.3 is 4.57 Å². The summed E-state index contributed by atoms with van der Waals surface area (Å²) in [4.78, 5) is 28.5. The summed E-state index contributed by atoms with van der Waals surface area (Å²) >= 11 is 0. The molecular weight excluding hydrogens is 422 g/mol. The zero-order chi connectivity index (χ0) is 22.9. The van der Waals surface area contributed by atoms with E-state index in [0.717, 1.165) is 36.7 Å². The molecule has 2 aromatic carbocycles. The van der Waals surface area contributed by atoms with Crippen molar-refractivity contribution in [3.8, 4) is 5.69 Å². The van der Waals surface area contributed by atoms with Gasteiger partial charge in [-0.1, -0.05) is 42.7 Å². The SMILES string of the molecule is Cc1c(C(=O)Nc2nc3ccccc3n2C2CCCCC2)nnn1-c1cccc([N+](=O)[O-])c1. The van der Waals surface area contributed by atoms with Crippen LogP contribution >= 0.6 is 0 Å². The highest BCUT2D eigenvalue weighted by molar-refractivity contribution is 6.03. The van der Waals surface area contributed by atoms with Gasteiger partial charge in [0, 0.05) is 18.2 Å². The van der Waals surface area contributed by atoms with E-state index in [-0.39, 0.29) is 17.4 Å². The van der Waals surface area contributed by atoms with Crippen molar-refractivity contribution < 1.29 is 9.72 Å². The van der Waals surface area contributed by atoms with Crippen LogP contribution in [0.15, 0.2) is 48.5 Å². The van der Waals surface area contributed by atoms with Gasteiger partial charge in [0.05, 0.1) is 27.3 Å². The Kier molecular flexibility index (Phi) is 5.33. The molecule has 2 heterocycles. The molecule has 0 bridgehead atoms. The maximum absolute atomic E-state index is 13.2. The minimum atomic E-state index is -0.473. The highest BCUT2D eigenvalue weighted by Gasteiger charge is 2.25. The van der Waals surface area contributed by atoms with Crippen molar-refractivity contribution in [1.29, 1.82) is 0 Å². The number of imidazole rings is 1. The lowest BCUT2D eigenvalue weighted by atomic mass is 9.95. The zero-order valence-electron chi connectivity index (χ0n) is 18.1. The number of nitrogens with zero attached hydrogens (tertiary/aromatic N) is 6. The third-order valence-corrected chi connectivity index (χ3v) is 6.16. The van der Waals surface area contributed by atoms with Gasteiger partial charge in [-0.3, -0.25) is 20.2 Å². The molecule has 33 heavy (non-hydrogen) atoms. The number of anilines is 1. The number of nitro benzene ring substituents is 1. The molecule has 1 aliphatic rings. The number of hydrogen-bond donors (Lipinski definition) is 1. The Morgan fingerprint density at radius 2 is 1.91 bits per heavy atom. The fourth-order valence-electron chi connectivity index (χ4n) is 4.52. The van der Waals surface area contributed by atoms with Crippen LogP contribution in [0.25, 0.3) is 16.7 Å². The minimum absolute atomic E-state index is 0.0606. The molecule has 1 amide bonds. The molecule has 1 aliphatic carbocycles. The highest BCUT2D eigenvalue weighted by atomic mass is 16.6. The summed E-state index contributed by atoms with van der Waals surface area (Å²) in [6.07, 6.45) is 5.63. The molecule has 0 unspecified atom stereocenters. The summed E-state index contributed by atoms with van der Waals surface area (Å²) in [7, 11) is 0. The monoisotopic (exact) mass is 445 g/mol.